The molecule has 4 N–H and O–H groups in total. The number of aryl methyl sites for hydroxylation is 3. The molecule has 0 fully saturated rings. The van der Waals surface area contributed by atoms with Crippen LogP contribution in [0.4, 0.5) is 10.7 Å². The third-order valence-corrected chi connectivity index (χ3v) is 5.88. The molecule has 3 amide bonds. The van der Waals surface area contributed by atoms with Gasteiger partial charge in [-0.25, -0.2) is 9.78 Å². The Labute approximate surface area is 224 Å². The maximum absolute atomic E-state index is 13.2. The number of primary amides is 1. The largest absolute Gasteiger partial charge is 0.494 e. The highest BCUT2D eigenvalue weighted by Gasteiger charge is 2.21. The summed E-state index contributed by atoms with van der Waals surface area (Å²) in [5.41, 5.74) is 8.43. The molecule has 0 unspecified atom stereocenters. The molecule has 0 atom stereocenters. The summed E-state index contributed by atoms with van der Waals surface area (Å²) >= 11 is 0. The molecule has 0 aliphatic heterocycles. The molecule has 0 bridgehead atoms. The van der Waals surface area contributed by atoms with Gasteiger partial charge >= 0.3 is 6.09 Å². The van der Waals surface area contributed by atoms with Crippen molar-refractivity contribution in [1.82, 2.24) is 29.6 Å². The summed E-state index contributed by atoms with van der Waals surface area (Å²) in [4.78, 5) is 45.8. The first-order valence-corrected chi connectivity index (χ1v) is 12.3. The minimum absolute atomic E-state index is 0.0578. The van der Waals surface area contributed by atoms with Crippen molar-refractivity contribution >= 4 is 34.9 Å². The molecule has 4 rings (SSSR count). The van der Waals surface area contributed by atoms with E-state index in [9.17, 15) is 14.4 Å². The third kappa shape index (κ3) is 6.32. The van der Waals surface area contributed by atoms with Crippen molar-refractivity contribution in [2.24, 2.45) is 5.73 Å². The van der Waals surface area contributed by atoms with E-state index >= 15 is 0 Å². The molecule has 13 nitrogen and oxygen atoms in total. The molecule has 0 spiro atoms. The van der Waals surface area contributed by atoms with Crippen molar-refractivity contribution in [2.45, 2.75) is 40.0 Å². The van der Waals surface area contributed by atoms with Gasteiger partial charge in [0.25, 0.3) is 5.91 Å². The fraction of sp³-hybridized carbons (Fsp3) is 0.308. The summed E-state index contributed by atoms with van der Waals surface area (Å²) in [6.07, 6.45) is 1.52. The first-order chi connectivity index (χ1) is 18.8. The normalized spacial score (nSPS) is 10.8. The number of nitrogens with one attached hydrogen (secondary N) is 2. The number of alkyl carbamates (subject to hydrolysis) is 1. The second kappa shape index (κ2) is 12.1. The summed E-state index contributed by atoms with van der Waals surface area (Å²) in [5, 5.41) is 9.89. The van der Waals surface area contributed by atoms with Gasteiger partial charge in [-0.2, -0.15) is 5.10 Å². The number of pyridine rings is 1. The van der Waals surface area contributed by atoms with Crippen LogP contribution in [0.25, 0.3) is 11.0 Å². The monoisotopic (exact) mass is 534 g/mol. The van der Waals surface area contributed by atoms with Gasteiger partial charge in [-0.1, -0.05) is 6.07 Å². The van der Waals surface area contributed by atoms with E-state index in [1.54, 1.807) is 39.7 Å². The number of anilines is 1. The molecule has 13 heteroatoms. The number of fused-ring (bicyclic) bond motifs is 1. The van der Waals surface area contributed by atoms with E-state index < -0.39 is 12.0 Å². The Balaban J connectivity index is 1.53. The van der Waals surface area contributed by atoms with E-state index in [0.29, 0.717) is 53.4 Å². The highest BCUT2D eigenvalue weighted by molar-refractivity contribution is 6.04. The van der Waals surface area contributed by atoms with Gasteiger partial charge in [0.2, 0.25) is 11.9 Å². The lowest BCUT2D eigenvalue weighted by atomic mass is 10.1. The van der Waals surface area contributed by atoms with Gasteiger partial charge in [0.15, 0.2) is 0 Å². The number of hydrogen-bond donors (Lipinski definition) is 3. The third-order valence-electron chi connectivity index (χ3n) is 5.88. The highest BCUT2D eigenvalue weighted by atomic mass is 16.5. The maximum Gasteiger partial charge on any atom is 0.407 e. The quantitative estimate of drug-likeness (QED) is 0.247. The number of carbonyl (C=O) groups excluding carboxylic acids is 3. The van der Waals surface area contributed by atoms with Crippen LogP contribution in [0.2, 0.25) is 0 Å². The molecule has 39 heavy (non-hydrogen) atoms. The van der Waals surface area contributed by atoms with Gasteiger partial charge in [-0.3, -0.25) is 24.6 Å². The molecule has 1 aromatic carbocycles. The zero-order valence-electron chi connectivity index (χ0n) is 21.9. The molecular weight excluding hydrogens is 504 g/mol. The van der Waals surface area contributed by atoms with Gasteiger partial charge < -0.3 is 25.1 Å². The van der Waals surface area contributed by atoms with Gasteiger partial charge in [-0.05, 0) is 50.6 Å². The number of benzene rings is 1. The van der Waals surface area contributed by atoms with Gasteiger partial charge in [0.1, 0.15) is 23.6 Å². The summed E-state index contributed by atoms with van der Waals surface area (Å²) < 4.78 is 14.1. The lowest BCUT2D eigenvalue weighted by Gasteiger charge is -2.13. The number of rotatable bonds is 11. The minimum Gasteiger partial charge on any atom is -0.494 e. The number of carbonyl (C=O) groups is 3. The minimum atomic E-state index is -0.633. The van der Waals surface area contributed by atoms with Crippen molar-refractivity contribution in [3.63, 3.8) is 0 Å². The number of methoxy groups -OCH3 is 1. The van der Waals surface area contributed by atoms with Crippen LogP contribution in [0, 0.1) is 6.92 Å². The van der Waals surface area contributed by atoms with Crippen molar-refractivity contribution < 1.29 is 23.9 Å². The Hall–Kier alpha value is -4.94. The van der Waals surface area contributed by atoms with Crippen molar-refractivity contribution in [2.75, 3.05) is 19.0 Å². The number of imidazole rings is 1. The first-order valence-electron chi connectivity index (χ1n) is 12.3. The second-order valence-electron chi connectivity index (χ2n) is 8.62. The van der Waals surface area contributed by atoms with Gasteiger partial charge in [-0.15, -0.1) is 0 Å². The zero-order valence-corrected chi connectivity index (χ0v) is 21.9. The Bertz CT molecular complexity index is 1500. The van der Waals surface area contributed by atoms with E-state index in [2.05, 4.69) is 25.7 Å². The SMILES string of the molecule is CCn1nc(C)cc1C(=O)Nc1nc2cc(C(N)=O)cc(OC)c2n1CCCNC(=O)OCc1ccccn1. The predicted molar refractivity (Wildman–Crippen MR) is 142 cm³/mol. The fourth-order valence-corrected chi connectivity index (χ4v) is 4.08. The van der Waals surface area contributed by atoms with Crippen LogP contribution in [0.5, 0.6) is 5.75 Å². The lowest BCUT2D eigenvalue weighted by molar-refractivity contribution is 0.0995. The Kier molecular flexibility index (Phi) is 8.39. The summed E-state index contributed by atoms with van der Waals surface area (Å²) in [6, 6.07) is 10.1. The van der Waals surface area contributed by atoms with Crippen LogP contribution in [0.15, 0.2) is 42.6 Å². The van der Waals surface area contributed by atoms with E-state index in [4.69, 9.17) is 15.2 Å². The van der Waals surface area contributed by atoms with Crippen molar-refractivity contribution in [3.05, 3.63) is 65.2 Å². The van der Waals surface area contributed by atoms with Crippen molar-refractivity contribution in [1.29, 1.82) is 0 Å². The number of nitrogens with two attached hydrogens (primary N) is 1. The van der Waals surface area contributed by atoms with Gasteiger partial charge in [0, 0.05) is 31.4 Å². The first kappa shape index (κ1) is 27.1. The molecule has 0 aliphatic rings. The number of amides is 3. The van der Waals surface area contributed by atoms with Crippen LogP contribution < -0.4 is 21.1 Å². The van der Waals surface area contributed by atoms with Crippen LogP contribution >= 0.6 is 0 Å². The summed E-state index contributed by atoms with van der Waals surface area (Å²) in [5.74, 6) is -0.411. The Morgan fingerprint density at radius 2 is 1.97 bits per heavy atom. The standard InChI is InChI=1S/C26H30N8O5/c1-4-34-20(12-16(2)32-34)24(36)31-25-30-19-13-17(23(27)35)14-21(38-3)22(19)33(25)11-7-10-29-26(37)39-15-18-8-5-6-9-28-18/h5-6,8-9,12-14H,4,7,10-11,15H2,1-3H3,(H2,27,35)(H,29,37)(H,30,31,36). The fourth-order valence-electron chi connectivity index (χ4n) is 4.08. The summed E-state index contributed by atoms with van der Waals surface area (Å²) in [7, 11) is 1.47. The molecule has 0 saturated carbocycles. The second-order valence-corrected chi connectivity index (χ2v) is 8.62. The Morgan fingerprint density at radius 3 is 2.67 bits per heavy atom. The van der Waals surface area contributed by atoms with Gasteiger partial charge in [0.05, 0.1) is 24.0 Å². The van der Waals surface area contributed by atoms with E-state index in [0.717, 1.165) is 0 Å². The number of nitrogens with zero attached hydrogens (tertiary/aromatic N) is 5. The van der Waals surface area contributed by atoms with Crippen LogP contribution in [-0.2, 0) is 24.4 Å². The van der Waals surface area contributed by atoms with E-state index in [1.165, 1.54) is 13.2 Å². The smallest absolute Gasteiger partial charge is 0.407 e. The number of ether oxygens (including phenoxy) is 2. The topological polar surface area (TPSA) is 168 Å². The molecule has 4 aromatic rings. The van der Waals surface area contributed by atoms with E-state index in [1.807, 2.05) is 19.9 Å². The molecular formula is C26H30N8O5. The molecule has 0 radical (unpaired) electrons. The van der Waals surface area contributed by atoms with Crippen LogP contribution in [-0.4, -0.2) is 55.9 Å². The van der Waals surface area contributed by atoms with Crippen LogP contribution in [0.1, 0.15) is 45.6 Å². The number of hydrogen-bond acceptors (Lipinski definition) is 8. The lowest BCUT2D eigenvalue weighted by Crippen LogP contribution is -2.26. The molecule has 3 heterocycles. The maximum atomic E-state index is 13.2. The van der Waals surface area contributed by atoms with Crippen molar-refractivity contribution in [3.8, 4) is 5.75 Å². The number of aromatic nitrogens is 5. The molecule has 0 saturated heterocycles. The Morgan fingerprint density at radius 1 is 1.15 bits per heavy atom. The summed E-state index contributed by atoms with van der Waals surface area (Å²) in [6.45, 7) is 4.92. The molecule has 0 aliphatic carbocycles. The predicted octanol–water partition coefficient (Wildman–Crippen LogP) is 2.63. The average molecular weight is 535 g/mol. The van der Waals surface area contributed by atoms with Crippen LogP contribution in [0.3, 0.4) is 0 Å². The zero-order chi connectivity index (χ0) is 27.9. The molecule has 3 aromatic heterocycles. The average Bonchev–Trinajstić information content (AvgIpc) is 3.49. The molecule has 204 valence electrons. The van der Waals surface area contributed by atoms with E-state index in [-0.39, 0.29) is 30.6 Å². The highest BCUT2D eigenvalue weighted by Crippen LogP contribution is 2.31.